The lowest BCUT2D eigenvalue weighted by Gasteiger charge is -2.34. The Bertz CT molecular complexity index is 442. The van der Waals surface area contributed by atoms with Gasteiger partial charge >= 0.3 is 0 Å². The van der Waals surface area contributed by atoms with Gasteiger partial charge in [-0.15, -0.1) is 0 Å². The highest BCUT2D eigenvalue weighted by molar-refractivity contribution is 5.83. The standard InChI is InChI=1S/C16H24N2O2/c1-3-20-14-5-4-10-18(11-14)16(19)15(17)13-8-6-12(2)7-9-13/h6-9,14-15H,3-5,10-11,17H2,1-2H3. The number of piperidine rings is 1. The maximum absolute atomic E-state index is 12.5. The Labute approximate surface area is 120 Å². The van der Waals surface area contributed by atoms with E-state index in [9.17, 15) is 4.79 Å². The molecule has 1 aromatic rings. The second-order valence-corrected chi connectivity index (χ2v) is 5.39. The molecule has 4 nitrogen and oxygen atoms in total. The summed E-state index contributed by atoms with van der Waals surface area (Å²) < 4.78 is 5.63. The maximum Gasteiger partial charge on any atom is 0.244 e. The van der Waals surface area contributed by atoms with E-state index in [1.807, 2.05) is 43.0 Å². The number of benzene rings is 1. The number of hydrogen-bond donors (Lipinski definition) is 1. The highest BCUT2D eigenvalue weighted by Gasteiger charge is 2.27. The molecule has 2 atom stereocenters. The van der Waals surface area contributed by atoms with E-state index in [1.54, 1.807) is 0 Å². The Balaban J connectivity index is 2.00. The summed E-state index contributed by atoms with van der Waals surface area (Å²) in [5, 5.41) is 0. The molecule has 0 bridgehead atoms. The highest BCUT2D eigenvalue weighted by Crippen LogP contribution is 2.19. The summed E-state index contributed by atoms with van der Waals surface area (Å²) >= 11 is 0. The number of amides is 1. The van der Waals surface area contributed by atoms with Crippen molar-refractivity contribution in [2.24, 2.45) is 5.73 Å². The van der Waals surface area contributed by atoms with Crippen LogP contribution in [0.25, 0.3) is 0 Å². The van der Waals surface area contributed by atoms with Gasteiger partial charge in [-0.2, -0.15) is 0 Å². The lowest BCUT2D eigenvalue weighted by Crippen LogP contribution is -2.46. The van der Waals surface area contributed by atoms with Gasteiger partial charge in [-0.25, -0.2) is 0 Å². The minimum Gasteiger partial charge on any atom is -0.377 e. The average molecular weight is 276 g/mol. The number of nitrogens with zero attached hydrogens (tertiary/aromatic N) is 1. The molecule has 20 heavy (non-hydrogen) atoms. The van der Waals surface area contributed by atoms with E-state index < -0.39 is 6.04 Å². The second kappa shape index (κ2) is 6.86. The van der Waals surface area contributed by atoms with E-state index in [0.717, 1.165) is 24.9 Å². The zero-order valence-corrected chi connectivity index (χ0v) is 12.3. The molecule has 2 unspecified atom stereocenters. The summed E-state index contributed by atoms with van der Waals surface area (Å²) in [6.07, 6.45) is 2.16. The van der Waals surface area contributed by atoms with Crippen molar-refractivity contribution in [3.8, 4) is 0 Å². The molecule has 0 radical (unpaired) electrons. The van der Waals surface area contributed by atoms with Gasteiger partial charge in [0.05, 0.1) is 6.10 Å². The molecule has 1 amide bonds. The third-order valence-corrected chi connectivity index (χ3v) is 3.79. The van der Waals surface area contributed by atoms with Crippen LogP contribution in [0.15, 0.2) is 24.3 Å². The number of aryl methyl sites for hydroxylation is 1. The van der Waals surface area contributed by atoms with Crippen molar-refractivity contribution in [3.05, 3.63) is 35.4 Å². The molecule has 0 spiro atoms. The largest absolute Gasteiger partial charge is 0.377 e. The highest BCUT2D eigenvalue weighted by atomic mass is 16.5. The molecule has 1 saturated heterocycles. The number of rotatable bonds is 4. The van der Waals surface area contributed by atoms with E-state index >= 15 is 0 Å². The summed E-state index contributed by atoms with van der Waals surface area (Å²) in [4.78, 5) is 14.3. The molecule has 1 aliphatic rings. The minimum atomic E-state index is -0.573. The average Bonchev–Trinajstić information content (AvgIpc) is 2.47. The number of likely N-dealkylation sites (tertiary alicyclic amines) is 1. The number of carbonyl (C=O) groups is 1. The molecule has 0 aromatic heterocycles. The molecule has 110 valence electrons. The van der Waals surface area contributed by atoms with Gasteiger partial charge in [-0.05, 0) is 32.3 Å². The van der Waals surface area contributed by atoms with Crippen LogP contribution in [-0.4, -0.2) is 36.6 Å². The molecule has 1 fully saturated rings. The van der Waals surface area contributed by atoms with E-state index in [-0.39, 0.29) is 12.0 Å². The van der Waals surface area contributed by atoms with E-state index in [2.05, 4.69) is 0 Å². The van der Waals surface area contributed by atoms with Gasteiger partial charge in [0.1, 0.15) is 6.04 Å². The number of nitrogens with two attached hydrogens (primary N) is 1. The number of hydrogen-bond acceptors (Lipinski definition) is 3. The van der Waals surface area contributed by atoms with E-state index in [4.69, 9.17) is 10.5 Å². The van der Waals surface area contributed by atoms with Crippen LogP contribution in [0.5, 0.6) is 0 Å². The lowest BCUT2D eigenvalue weighted by molar-refractivity contribution is -0.136. The fourth-order valence-corrected chi connectivity index (χ4v) is 2.62. The Morgan fingerprint density at radius 2 is 2.15 bits per heavy atom. The van der Waals surface area contributed by atoms with Crippen molar-refractivity contribution in [3.63, 3.8) is 0 Å². The van der Waals surface area contributed by atoms with E-state index in [1.165, 1.54) is 5.56 Å². The fourth-order valence-electron chi connectivity index (χ4n) is 2.62. The molecule has 1 aliphatic heterocycles. The zero-order chi connectivity index (χ0) is 14.5. The van der Waals surface area contributed by atoms with Crippen LogP contribution in [0.1, 0.15) is 36.9 Å². The topological polar surface area (TPSA) is 55.6 Å². The molecule has 0 saturated carbocycles. The third kappa shape index (κ3) is 3.58. The van der Waals surface area contributed by atoms with Crippen LogP contribution in [-0.2, 0) is 9.53 Å². The van der Waals surface area contributed by atoms with Crippen molar-refractivity contribution in [2.45, 2.75) is 38.8 Å². The normalized spacial score (nSPS) is 20.8. The van der Waals surface area contributed by atoms with Gasteiger partial charge in [0, 0.05) is 19.7 Å². The molecule has 2 N–H and O–H groups in total. The van der Waals surface area contributed by atoms with Crippen LogP contribution in [0, 0.1) is 6.92 Å². The van der Waals surface area contributed by atoms with Gasteiger partial charge in [0.15, 0.2) is 0 Å². The summed E-state index contributed by atoms with van der Waals surface area (Å²) in [6.45, 7) is 6.14. The fraction of sp³-hybridized carbons (Fsp3) is 0.562. The van der Waals surface area contributed by atoms with Crippen molar-refractivity contribution in [2.75, 3.05) is 19.7 Å². The van der Waals surface area contributed by atoms with E-state index in [0.29, 0.717) is 13.2 Å². The molecule has 2 rings (SSSR count). The predicted octanol–water partition coefficient (Wildman–Crippen LogP) is 2.02. The lowest BCUT2D eigenvalue weighted by atomic mass is 10.0. The Hall–Kier alpha value is -1.39. The molecular weight excluding hydrogens is 252 g/mol. The predicted molar refractivity (Wildman–Crippen MR) is 79.3 cm³/mol. The Morgan fingerprint density at radius 3 is 2.80 bits per heavy atom. The van der Waals surface area contributed by atoms with Crippen LogP contribution < -0.4 is 5.73 Å². The monoisotopic (exact) mass is 276 g/mol. The number of carbonyl (C=O) groups excluding carboxylic acids is 1. The quantitative estimate of drug-likeness (QED) is 0.915. The first-order chi connectivity index (χ1) is 9.61. The minimum absolute atomic E-state index is 0.00161. The third-order valence-electron chi connectivity index (χ3n) is 3.79. The number of ether oxygens (including phenoxy) is 1. The Morgan fingerprint density at radius 1 is 1.45 bits per heavy atom. The van der Waals surface area contributed by atoms with Crippen molar-refractivity contribution in [1.29, 1.82) is 0 Å². The molecular formula is C16H24N2O2. The van der Waals surface area contributed by atoms with Crippen LogP contribution in [0.4, 0.5) is 0 Å². The SMILES string of the molecule is CCOC1CCCN(C(=O)C(N)c2ccc(C)cc2)C1. The first-order valence-corrected chi connectivity index (χ1v) is 7.34. The maximum atomic E-state index is 12.5. The second-order valence-electron chi connectivity index (χ2n) is 5.39. The van der Waals surface area contributed by atoms with Gasteiger partial charge < -0.3 is 15.4 Å². The smallest absolute Gasteiger partial charge is 0.244 e. The Kier molecular flexibility index (Phi) is 5.15. The van der Waals surface area contributed by atoms with Crippen molar-refractivity contribution < 1.29 is 9.53 Å². The summed E-state index contributed by atoms with van der Waals surface area (Å²) in [6, 6.07) is 7.27. The first-order valence-electron chi connectivity index (χ1n) is 7.34. The van der Waals surface area contributed by atoms with Gasteiger partial charge in [-0.1, -0.05) is 29.8 Å². The zero-order valence-electron chi connectivity index (χ0n) is 12.3. The van der Waals surface area contributed by atoms with Crippen LogP contribution in [0.3, 0.4) is 0 Å². The molecule has 1 aromatic carbocycles. The summed E-state index contributed by atoms with van der Waals surface area (Å²) in [7, 11) is 0. The molecule has 0 aliphatic carbocycles. The molecule has 4 heteroatoms. The van der Waals surface area contributed by atoms with Crippen LogP contribution >= 0.6 is 0 Å². The van der Waals surface area contributed by atoms with Crippen LogP contribution in [0.2, 0.25) is 0 Å². The van der Waals surface area contributed by atoms with Gasteiger partial charge in [0.2, 0.25) is 5.91 Å². The van der Waals surface area contributed by atoms with Gasteiger partial charge in [0.25, 0.3) is 0 Å². The summed E-state index contributed by atoms with van der Waals surface area (Å²) in [5.74, 6) is -0.00161. The van der Waals surface area contributed by atoms with Gasteiger partial charge in [-0.3, -0.25) is 4.79 Å². The molecule has 1 heterocycles. The summed E-state index contributed by atoms with van der Waals surface area (Å²) in [5.41, 5.74) is 8.15. The first kappa shape index (κ1) is 15.0. The van der Waals surface area contributed by atoms with Crippen molar-refractivity contribution in [1.82, 2.24) is 4.90 Å². The van der Waals surface area contributed by atoms with Crippen molar-refractivity contribution >= 4 is 5.91 Å².